The number of aliphatic imine (C=N–C) groups is 1. The number of rotatable bonds is 6. The third kappa shape index (κ3) is 5.10. The number of benzene rings is 2. The number of ether oxygens (including phenoxy) is 1. The number of aromatic hydroxyl groups is 1. The summed E-state index contributed by atoms with van der Waals surface area (Å²) in [4.78, 5) is 16.2. The minimum absolute atomic E-state index is 0.0848. The summed E-state index contributed by atoms with van der Waals surface area (Å²) in [5.74, 6) is -0.822. The monoisotopic (exact) mass is 345 g/mol. The van der Waals surface area contributed by atoms with Gasteiger partial charge in [0.25, 0.3) is 0 Å². The number of nitrogens with zero attached hydrogens (tertiary/aromatic N) is 1. The third-order valence-electron chi connectivity index (χ3n) is 3.34. The van der Waals surface area contributed by atoms with Crippen LogP contribution in [0.3, 0.4) is 0 Å². The Hall–Kier alpha value is -2.33. The molecule has 126 valence electrons. The van der Waals surface area contributed by atoms with E-state index in [1.807, 2.05) is 30.3 Å². The third-order valence-corrected chi connectivity index (χ3v) is 3.56. The summed E-state index contributed by atoms with van der Waals surface area (Å²) in [6.45, 7) is 4.03. The molecule has 4 nitrogen and oxygen atoms in total. The molecule has 5 heteroatoms. The van der Waals surface area contributed by atoms with E-state index < -0.39 is 5.97 Å². The van der Waals surface area contributed by atoms with Crippen molar-refractivity contribution >= 4 is 23.8 Å². The molecule has 0 bridgehead atoms. The summed E-state index contributed by atoms with van der Waals surface area (Å²) in [7, 11) is 0. The van der Waals surface area contributed by atoms with E-state index in [0.29, 0.717) is 17.1 Å². The molecule has 0 spiro atoms. The summed E-state index contributed by atoms with van der Waals surface area (Å²) in [6.07, 6.45) is 2.36. The van der Waals surface area contributed by atoms with E-state index in [9.17, 15) is 9.90 Å². The zero-order valence-corrected chi connectivity index (χ0v) is 14.5. The van der Waals surface area contributed by atoms with Crippen LogP contribution in [0.2, 0.25) is 5.02 Å². The Morgan fingerprint density at radius 1 is 1.29 bits per heavy atom. The van der Waals surface area contributed by atoms with Gasteiger partial charge in [0.05, 0.1) is 5.92 Å². The lowest BCUT2D eigenvalue weighted by molar-refractivity contribution is -0.137. The Kier molecular flexibility index (Phi) is 6.38. The SMILES string of the molecule is CC(C)C(=O)Oc1c(O)cc(Cl)cc1C=NCCc1ccccc1. The standard InChI is InChI=1S/C19H20ClNO3/c1-13(2)19(23)24-18-15(10-16(20)11-17(18)22)12-21-9-8-14-6-4-3-5-7-14/h3-7,10-13,22H,8-9H2,1-2H3. The summed E-state index contributed by atoms with van der Waals surface area (Å²) >= 11 is 5.97. The molecule has 0 aliphatic heterocycles. The fourth-order valence-electron chi connectivity index (χ4n) is 2.03. The predicted octanol–water partition coefficient (Wildman–Crippen LogP) is 4.27. The van der Waals surface area contributed by atoms with Crippen LogP contribution in [0.25, 0.3) is 0 Å². The molecule has 0 aliphatic carbocycles. The Morgan fingerprint density at radius 3 is 2.67 bits per heavy atom. The van der Waals surface area contributed by atoms with Gasteiger partial charge in [-0.15, -0.1) is 0 Å². The van der Waals surface area contributed by atoms with E-state index in [1.165, 1.54) is 11.6 Å². The minimum atomic E-state index is -0.424. The lowest BCUT2D eigenvalue weighted by Gasteiger charge is -2.11. The van der Waals surface area contributed by atoms with Gasteiger partial charge in [-0.05, 0) is 18.1 Å². The number of phenolic OH excluding ortho intramolecular Hbond substituents is 1. The number of carbonyl (C=O) groups excluding carboxylic acids is 1. The van der Waals surface area contributed by atoms with Crippen LogP contribution in [0.5, 0.6) is 11.5 Å². The van der Waals surface area contributed by atoms with Crippen molar-refractivity contribution in [2.75, 3.05) is 6.54 Å². The van der Waals surface area contributed by atoms with Crippen LogP contribution in [-0.2, 0) is 11.2 Å². The molecule has 0 unspecified atom stereocenters. The van der Waals surface area contributed by atoms with Crippen LogP contribution in [0.4, 0.5) is 0 Å². The highest BCUT2D eigenvalue weighted by atomic mass is 35.5. The second-order valence-corrected chi connectivity index (χ2v) is 6.13. The number of hydrogen-bond donors (Lipinski definition) is 1. The molecule has 2 aromatic rings. The highest BCUT2D eigenvalue weighted by molar-refractivity contribution is 6.31. The maximum absolute atomic E-state index is 11.8. The van der Waals surface area contributed by atoms with Gasteiger partial charge in [-0.25, -0.2) is 0 Å². The molecule has 0 aliphatic rings. The van der Waals surface area contributed by atoms with Crippen LogP contribution in [0, 0.1) is 5.92 Å². The molecule has 24 heavy (non-hydrogen) atoms. The number of halogens is 1. The predicted molar refractivity (Wildman–Crippen MR) is 96.2 cm³/mol. The van der Waals surface area contributed by atoms with Crippen molar-refractivity contribution in [3.8, 4) is 11.5 Å². The molecular weight excluding hydrogens is 326 g/mol. The van der Waals surface area contributed by atoms with Gasteiger partial charge in [-0.3, -0.25) is 9.79 Å². The van der Waals surface area contributed by atoms with Crippen LogP contribution >= 0.6 is 11.6 Å². The molecular formula is C19H20ClNO3. The maximum atomic E-state index is 11.8. The summed E-state index contributed by atoms with van der Waals surface area (Å²) in [5.41, 5.74) is 1.66. The zero-order chi connectivity index (χ0) is 17.5. The van der Waals surface area contributed by atoms with Crippen molar-refractivity contribution in [3.63, 3.8) is 0 Å². The van der Waals surface area contributed by atoms with Crippen molar-refractivity contribution in [1.82, 2.24) is 0 Å². The van der Waals surface area contributed by atoms with Crippen molar-refractivity contribution in [3.05, 3.63) is 58.6 Å². The number of hydrogen-bond acceptors (Lipinski definition) is 4. The topological polar surface area (TPSA) is 58.9 Å². The van der Waals surface area contributed by atoms with Crippen molar-refractivity contribution in [2.45, 2.75) is 20.3 Å². The molecule has 0 saturated heterocycles. The fourth-order valence-corrected chi connectivity index (χ4v) is 2.25. The number of esters is 1. The quantitative estimate of drug-likeness (QED) is 0.483. The normalized spacial score (nSPS) is 11.2. The smallest absolute Gasteiger partial charge is 0.313 e. The minimum Gasteiger partial charge on any atom is -0.504 e. The zero-order valence-electron chi connectivity index (χ0n) is 13.7. The van der Waals surface area contributed by atoms with Gasteiger partial charge in [0.15, 0.2) is 11.5 Å². The van der Waals surface area contributed by atoms with Gasteiger partial charge in [0.1, 0.15) is 0 Å². The molecule has 2 aromatic carbocycles. The Bertz CT molecular complexity index is 727. The van der Waals surface area contributed by atoms with Gasteiger partial charge in [0.2, 0.25) is 0 Å². The number of carbonyl (C=O) groups is 1. The molecule has 1 N–H and O–H groups in total. The van der Waals surface area contributed by atoms with Gasteiger partial charge < -0.3 is 9.84 Å². The van der Waals surface area contributed by atoms with Gasteiger partial charge in [-0.1, -0.05) is 55.8 Å². The summed E-state index contributed by atoms with van der Waals surface area (Å²) in [5, 5.41) is 10.4. The van der Waals surface area contributed by atoms with Gasteiger partial charge >= 0.3 is 5.97 Å². The highest BCUT2D eigenvalue weighted by Crippen LogP contribution is 2.33. The molecule has 0 fully saturated rings. The van der Waals surface area contributed by atoms with E-state index >= 15 is 0 Å². The molecule has 2 rings (SSSR count). The highest BCUT2D eigenvalue weighted by Gasteiger charge is 2.16. The van der Waals surface area contributed by atoms with Crippen LogP contribution < -0.4 is 4.74 Å². The van der Waals surface area contributed by atoms with Crippen LogP contribution in [0.15, 0.2) is 47.5 Å². The average molecular weight is 346 g/mol. The fraction of sp³-hybridized carbons (Fsp3) is 0.263. The Morgan fingerprint density at radius 2 is 2.00 bits per heavy atom. The van der Waals surface area contributed by atoms with E-state index in [1.54, 1.807) is 26.1 Å². The average Bonchev–Trinajstić information content (AvgIpc) is 2.55. The molecule has 0 saturated carbocycles. The molecule has 0 atom stereocenters. The van der Waals surface area contributed by atoms with E-state index in [2.05, 4.69) is 4.99 Å². The van der Waals surface area contributed by atoms with E-state index in [0.717, 1.165) is 6.42 Å². The van der Waals surface area contributed by atoms with Crippen molar-refractivity contribution in [1.29, 1.82) is 0 Å². The Balaban J connectivity index is 2.13. The van der Waals surface area contributed by atoms with Crippen molar-refractivity contribution < 1.29 is 14.6 Å². The molecule has 0 amide bonds. The van der Waals surface area contributed by atoms with Gasteiger partial charge in [0, 0.05) is 29.4 Å². The molecule has 0 heterocycles. The lowest BCUT2D eigenvalue weighted by atomic mass is 10.1. The molecule has 0 aromatic heterocycles. The second-order valence-electron chi connectivity index (χ2n) is 5.69. The first-order valence-corrected chi connectivity index (χ1v) is 8.13. The largest absolute Gasteiger partial charge is 0.504 e. The summed E-state index contributed by atoms with van der Waals surface area (Å²) in [6, 6.07) is 13.0. The first-order chi connectivity index (χ1) is 11.5. The summed E-state index contributed by atoms with van der Waals surface area (Å²) < 4.78 is 5.27. The van der Waals surface area contributed by atoms with Gasteiger partial charge in [-0.2, -0.15) is 0 Å². The second kappa shape index (κ2) is 8.50. The van der Waals surface area contributed by atoms with Crippen LogP contribution in [-0.4, -0.2) is 23.8 Å². The van der Waals surface area contributed by atoms with Crippen LogP contribution in [0.1, 0.15) is 25.0 Å². The first kappa shape index (κ1) is 18.0. The maximum Gasteiger partial charge on any atom is 0.313 e. The van der Waals surface area contributed by atoms with Crippen molar-refractivity contribution in [2.24, 2.45) is 10.9 Å². The molecule has 0 radical (unpaired) electrons. The van der Waals surface area contributed by atoms with E-state index in [4.69, 9.17) is 16.3 Å². The first-order valence-electron chi connectivity index (χ1n) is 7.75. The number of phenols is 1. The Labute approximate surface area is 146 Å². The lowest BCUT2D eigenvalue weighted by Crippen LogP contribution is -2.15. The van der Waals surface area contributed by atoms with E-state index in [-0.39, 0.29) is 17.4 Å².